The van der Waals surface area contributed by atoms with Crippen LogP contribution in [0.3, 0.4) is 0 Å². The first kappa shape index (κ1) is 14.7. The van der Waals surface area contributed by atoms with E-state index in [1.54, 1.807) is 0 Å². The van der Waals surface area contributed by atoms with Crippen molar-refractivity contribution in [1.29, 1.82) is 0 Å². The quantitative estimate of drug-likeness (QED) is 0.756. The van der Waals surface area contributed by atoms with Crippen molar-refractivity contribution in [3.05, 3.63) is 0 Å². The van der Waals surface area contributed by atoms with Gasteiger partial charge in [0.1, 0.15) is 5.54 Å². The van der Waals surface area contributed by atoms with E-state index in [-0.39, 0.29) is 0 Å². The Labute approximate surface area is 126 Å². The third-order valence-electron chi connectivity index (χ3n) is 5.36. The largest absolute Gasteiger partial charge is 0.480 e. The van der Waals surface area contributed by atoms with Crippen LogP contribution in [0.1, 0.15) is 64.2 Å². The van der Waals surface area contributed by atoms with Crippen LogP contribution in [0.5, 0.6) is 0 Å². The Bertz CT molecular complexity index is 352. The molecule has 114 valence electrons. The van der Waals surface area contributed by atoms with Crippen LogP contribution < -0.4 is 5.32 Å². The molecule has 0 spiro atoms. The molecule has 0 bridgehead atoms. The third kappa shape index (κ3) is 3.16. The van der Waals surface area contributed by atoms with Gasteiger partial charge >= 0.3 is 5.97 Å². The number of hydrogen-bond donors (Lipinski definition) is 2. The van der Waals surface area contributed by atoms with Crippen LogP contribution in [0.2, 0.25) is 0 Å². The molecule has 3 aliphatic carbocycles. The zero-order valence-corrected chi connectivity index (χ0v) is 13.1. The fraction of sp³-hybridized carbons (Fsp3) is 0.938. The number of rotatable bonds is 7. The molecule has 2 N–H and O–H groups in total. The molecule has 0 aromatic rings. The van der Waals surface area contributed by atoms with Gasteiger partial charge in [0.25, 0.3) is 0 Å². The van der Waals surface area contributed by atoms with Crippen molar-refractivity contribution < 1.29 is 9.90 Å². The molecule has 2 unspecified atom stereocenters. The van der Waals surface area contributed by atoms with Crippen LogP contribution >= 0.6 is 11.8 Å². The second-order valence-electron chi connectivity index (χ2n) is 6.85. The summed E-state index contributed by atoms with van der Waals surface area (Å²) in [7, 11) is 0. The summed E-state index contributed by atoms with van der Waals surface area (Å²) in [4.78, 5) is 11.8. The summed E-state index contributed by atoms with van der Waals surface area (Å²) in [6, 6.07) is 0.481. The van der Waals surface area contributed by atoms with Crippen molar-refractivity contribution in [2.45, 2.75) is 81.0 Å². The molecule has 3 fully saturated rings. The van der Waals surface area contributed by atoms with Gasteiger partial charge in [-0.25, -0.2) is 0 Å². The summed E-state index contributed by atoms with van der Waals surface area (Å²) < 4.78 is 0. The van der Waals surface area contributed by atoms with E-state index in [1.165, 1.54) is 38.5 Å². The van der Waals surface area contributed by atoms with Gasteiger partial charge < -0.3 is 5.11 Å². The smallest absolute Gasteiger partial charge is 0.324 e. The second kappa shape index (κ2) is 6.27. The number of thioether (sulfide) groups is 1. The first-order valence-electron chi connectivity index (χ1n) is 8.33. The van der Waals surface area contributed by atoms with Gasteiger partial charge in [-0.15, -0.1) is 0 Å². The molecular weight excluding hydrogens is 270 g/mol. The van der Waals surface area contributed by atoms with Gasteiger partial charge in [0, 0.05) is 11.3 Å². The van der Waals surface area contributed by atoms with Crippen molar-refractivity contribution in [3.63, 3.8) is 0 Å². The first-order chi connectivity index (χ1) is 9.71. The van der Waals surface area contributed by atoms with Gasteiger partial charge in [0.05, 0.1) is 0 Å². The van der Waals surface area contributed by atoms with E-state index in [4.69, 9.17) is 0 Å². The monoisotopic (exact) mass is 297 g/mol. The second-order valence-corrected chi connectivity index (χ2v) is 8.26. The lowest BCUT2D eigenvalue weighted by Crippen LogP contribution is -2.55. The molecule has 0 heterocycles. The predicted molar refractivity (Wildman–Crippen MR) is 83.2 cm³/mol. The zero-order chi connectivity index (χ0) is 14.0. The molecule has 0 aromatic heterocycles. The van der Waals surface area contributed by atoms with Crippen molar-refractivity contribution in [1.82, 2.24) is 5.32 Å². The fourth-order valence-corrected chi connectivity index (χ4v) is 5.45. The molecule has 0 radical (unpaired) electrons. The molecule has 0 aliphatic heterocycles. The number of carboxylic acids is 1. The predicted octanol–water partition coefficient (Wildman–Crippen LogP) is 3.43. The summed E-state index contributed by atoms with van der Waals surface area (Å²) in [6.07, 6.45) is 11.9. The van der Waals surface area contributed by atoms with Gasteiger partial charge in [0.2, 0.25) is 0 Å². The molecule has 2 atom stereocenters. The van der Waals surface area contributed by atoms with Crippen molar-refractivity contribution >= 4 is 17.7 Å². The molecule has 3 rings (SSSR count). The average molecular weight is 297 g/mol. The van der Waals surface area contributed by atoms with E-state index in [1.807, 2.05) is 0 Å². The number of hydrogen-bond acceptors (Lipinski definition) is 3. The number of aliphatic carboxylic acids is 1. The van der Waals surface area contributed by atoms with Crippen LogP contribution in [0, 0.1) is 5.92 Å². The Hall–Kier alpha value is -0.220. The lowest BCUT2D eigenvalue weighted by Gasteiger charge is -2.33. The van der Waals surface area contributed by atoms with Crippen LogP contribution in [-0.2, 0) is 4.79 Å². The van der Waals surface area contributed by atoms with Gasteiger partial charge in [-0.1, -0.05) is 19.3 Å². The fourth-order valence-electron chi connectivity index (χ4n) is 4.03. The third-order valence-corrected chi connectivity index (χ3v) is 6.78. The lowest BCUT2D eigenvalue weighted by molar-refractivity contribution is -0.146. The Morgan fingerprint density at radius 3 is 2.55 bits per heavy atom. The zero-order valence-electron chi connectivity index (χ0n) is 12.3. The maximum atomic E-state index is 11.8. The van der Waals surface area contributed by atoms with Crippen LogP contribution in [0.4, 0.5) is 0 Å². The van der Waals surface area contributed by atoms with Gasteiger partial charge in [-0.05, 0) is 56.6 Å². The average Bonchev–Trinajstić information content (AvgIpc) is 2.91. The van der Waals surface area contributed by atoms with E-state index in [9.17, 15) is 9.90 Å². The van der Waals surface area contributed by atoms with Gasteiger partial charge in [-0.2, -0.15) is 11.8 Å². The normalized spacial score (nSPS) is 34.7. The topological polar surface area (TPSA) is 49.3 Å². The number of carbonyl (C=O) groups is 1. The highest BCUT2D eigenvalue weighted by molar-refractivity contribution is 7.99. The number of carboxylic acid groups (broad SMARTS) is 1. The Morgan fingerprint density at radius 1 is 1.15 bits per heavy atom. The SMILES string of the molecule is O=C(O)C1(NC2CC2)CCCC1CCSC1CCCC1. The highest BCUT2D eigenvalue weighted by atomic mass is 32.2. The van der Waals surface area contributed by atoms with E-state index < -0.39 is 11.5 Å². The molecule has 3 aliphatic rings. The van der Waals surface area contributed by atoms with E-state index in [2.05, 4.69) is 17.1 Å². The van der Waals surface area contributed by atoms with Gasteiger partial charge in [-0.3, -0.25) is 10.1 Å². The van der Waals surface area contributed by atoms with Crippen LogP contribution in [-0.4, -0.2) is 33.7 Å². The summed E-state index contributed by atoms with van der Waals surface area (Å²) in [5.41, 5.74) is -0.600. The highest BCUT2D eigenvalue weighted by Crippen LogP contribution is 2.42. The molecule has 0 aromatic carbocycles. The summed E-state index contributed by atoms with van der Waals surface area (Å²) in [5.74, 6) is 0.892. The van der Waals surface area contributed by atoms with Gasteiger partial charge in [0.15, 0.2) is 0 Å². The molecule has 0 saturated heterocycles. The first-order valence-corrected chi connectivity index (χ1v) is 9.38. The molecular formula is C16H27NO2S. The minimum absolute atomic E-state index is 0.342. The summed E-state index contributed by atoms with van der Waals surface area (Å²) in [6.45, 7) is 0. The lowest BCUT2D eigenvalue weighted by atomic mass is 9.85. The Kier molecular flexibility index (Phi) is 4.61. The van der Waals surface area contributed by atoms with Crippen LogP contribution in [0.15, 0.2) is 0 Å². The number of nitrogens with one attached hydrogen (secondary N) is 1. The maximum Gasteiger partial charge on any atom is 0.324 e. The van der Waals surface area contributed by atoms with Crippen molar-refractivity contribution in [2.24, 2.45) is 5.92 Å². The Morgan fingerprint density at radius 2 is 1.90 bits per heavy atom. The van der Waals surface area contributed by atoms with E-state index in [0.29, 0.717) is 12.0 Å². The molecule has 20 heavy (non-hydrogen) atoms. The summed E-state index contributed by atoms with van der Waals surface area (Å²) >= 11 is 2.10. The standard InChI is InChI=1S/C16H27NO2S/c18-15(19)16(17-13-7-8-13)10-3-4-12(16)9-11-20-14-5-1-2-6-14/h12-14,17H,1-11H2,(H,18,19). The van der Waals surface area contributed by atoms with E-state index >= 15 is 0 Å². The van der Waals surface area contributed by atoms with E-state index in [0.717, 1.165) is 36.7 Å². The minimum atomic E-state index is -0.600. The minimum Gasteiger partial charge on any atom is -0.480 e. The molecule has 4 heteroatoms. The van der Waals surface area contributed by atoms with Crippen LogP contribution in [0.25, 0.3) is 0 Å². The van der Waals surface area contributed by atoms with Crippen molar-refractivity contribution in [2.75, 3.05) is 5.75 Å². The molecule has 3 saturated carbocycles. The molecule has 3 nitrogen and oxygen atoms in total. The highest BCUT2D eigenvalue weighted by Gasteiger charge is 2.50. The molecule has 0 amide bonds. The van der Waals surface area contributed by atoms with Crippen molar-refractivity contribution in [3.8, 4) is 0 Å². The Balaban J connectivity index is 1.53. The maximum absolute atomic E-state index is 11.8. The summed E-state index contributed by atoms with van der Waals surface area (Å²) in [5, 5.41) is 14.1.